The largest absolute Gasteiger partial charge is 0.486 e. The van der Waals surface area contributed by atoms with Gasteiger partial charge in [-0.25, -0.2) is 0 Å². The summed E-state index contributed by atoms with van der Waals surface area (Å²) in [6.45, 7) is 4.45. The number of benzene rings is 1. The van der Waals surface area contributed by atoms with Crippen LogP contribution in [0.5, 0.6) is 5.75 Å². The molecule has 0 aromatic heterocycles. The van der Waals surface area contributed by atoms with Gasteiger partial charge in [-0.05, 0) is 85.2 Å². The molecule has 1 aromatic carbocycles. The van der Waals surface area contributed by atoms with E-state index in [1.54, 1.807) is 0 Å². The molecule has 1 heterocycles. The Kier molecular flexibility index (Phi) is 3.37. The first-order chi connectivity index (χ1) is 8.67. The molecule has 98 valence electrons. The van der Waals surface area contributed by atoms with Crippen LogP contribution in [-0.2, 0) is 0 Å². The molecule has 2 aliphatic rings. The molecule has 3 heteroatoms. The topological polar surface area (TPSA) is 21.3 Å². The van der Waals surface area contributed by atoms with Crippen molar-refractivity contribution in [2.75, 3.05) is 13.1 Å². The van der Waals surface area contributed by atoms with E-state index in [9.17, 15) is 0 Å². The summed E-state index contributed by atoms with van der Waals surface area (Å²) in [7, 11) is 0. The van der Waals surface area contributed by atoms with Crippen LogP contribution in [0.25, 0.3) is 0 Å². The van der Waals surface area contributed by atoms with Crippen molar-refractivity contribution in [3.8, 4) is 5.75 Å². The van der Waals surface area contributed by atoms with Crippen molar-refractivity contribution < 1.29 is 4.74 Å². The average molecular weight is 310 g/mol. The van der Waals surface area contributed by atoms with Gasteiger partial charge in [-0.3, -0.25) is 0 Å². The molecule has 1 aliphatic heterocycles. The molecule has 0 radical (unpaired) electrons. The van der Waals surface area contributed by atoms with Crippen LogP contribution in [0.15, 0.2) is 22.7 Å². The molecule has 2 nitrogen and oxygen atoms in total. The van der Waals surface area contributed by atoms with E-state index in [0.29, 0.717) is 0 Å². The van der Waals surface area contributed by atoms with E-state index in [1.165, 1.54) is 44.3 Å². The number of hydrogen-bond donors (Lipinski definition) is 1. The number of aryl methyl sites for hydroxylation is 1. The van der Waals surface area contributed by atoms with Crippen LogP contribution in [0, 0.1) is 12.8 Å². The summed E-state index contributed by atoms with van der Waals surface area (Å²) in [5.41, 5.74) is 1.40. The molecule has 0 bridgehead atoms. The minimum absolute atomic E-state index is 0.133. The van der Waals surface area contributed by atoms with Gasteiger partial charge in [0.25, 0.3) is 0 Å². The highest BCUT2D eigenvalue weighted by Gasteiger charge is 2.47. The quantitative estimate of drug-likeness (QED) is 0.916. The summed E-state index contributed by atoms with van der Waals surface area (Å²) in [5.74, 6) is 1.81. The molecule has 1 saturated carbocycles. The Morgan fingerprint density at radius 2 is 2.28 bits per heavy atom. The number of nitrogens with one attached hydrogen (secondary N) is 1. The molecule has 3 rings (SSSR count). The van der Waals surface area contributed by atoms with Crippen LogP contribution >= 0.6 is 15.9 Å². The zero-order valence-electron chi connectivity index (χ0n) is 10.8. The SMILES string of the molecule is Cc1ccc(OC2(CC3CCNC3)CC2)c(Br)c1. The van der Waals surface area contributed by atoms with Gasteiger partial charge in [-0.2, -0.15) is 0 Å². The van der Waals surface area contributed by atoms with Gasteiger partial charge >= 0.3 is 0 Å². The van der Waals surface area contributed by atoms with Crippen molar-refractivity contribution in [2.24, 2.45) is 5.92 Å². The van der Waals surface area contributed by atoms with E-state index in [4.69, 9.17) is 4.74 Å². The van der Waals surface area contributed by atoms with Crippen LogP contribution in [-0.4, -0.2) is 18.7 Å². The Labute approximate surface area is 117 Å². The lowest BCUT2D eigenvalue weighted by molar-refractivity contribution is 0.147. The Balaban J connectivity index is 1.67. The van der Waals surface area contributed by atoms with Crippen molar-refractivity contribution in [3.63, 3.8) is 0 Å². The Hall–Kier alpha value is -0.540. The normalized spacial score (nSPS) is 25.1. The molecule has 1 aliphatic carbocycles. The van der Waals surface area contributed by atoms with Gasteiger partial charge < -0.3 is 10.1 Å². The zero-order chi connectivity index (χ0) is 12.6. The molecule has 0 spiro atoms. The van der Waals surface area contributed by atoms with E-state index >= 15 is 0 Å². The third kappa shape index (κ3) is 2.72. The molecular formula is C15H20BrNO. The monoisotopic (exact) mass is 309 g/mol. The second-order valence-corrected chi connectivity index (χ2v) is 6.64. The summed E-state index contributed by atoms with van der Waals surface area (Å²) in [4.78, 5) is 0. The highest BCUT2D eigenvalue weighted by Crippen LogP contribution is 2.47. The lowest BCUT2D eigenvalue weighted by Gasteiger charge is -2.22. The Morgan fingerprint density at radius 3 is 2.89 bits per heavy atom. The van der Waals surface area contributed by atoms with Gasteiger partial charge in [0.1, 0.15) is 11.4 Å². The fourth-order valence-corrected chi connectivity index (χ4v) is 3.40. The van der Waals surface area contributed by atoms with Crippen LogP contribution in [0.2, 0.25) is 0 Å². The van der Waals surface area contributed by atoms with Gasteiger partial charge in [-0.1, -0.05) is 6.07 Å². The summed E-state index contributed by atoms with van der Waals surface area (Å²) in [6, 6.07) is 6.34. The van der Waals surface area contributed by atoms with Crippen molar-refractivity contribution in [3.05, 3.63) is 28.2 Å². The third-order valence-electron chi connectivity index (χ3n) is 4.04. The average Bonchev–Trinajstić information content (AvgIpc) is 2.86. The smallest absolute Gasteiger partial charge is 0.134 e. The molecule has 1 N–H and O–H groups in total. The lowest BCUT2D eigenvalue weighted by Crippen LogP contribution is -2.23. The predicted octanol–water partition coefficient (Wildman–Crippen LogP) is 3.67. The zero-order valence-corrected chi connectivity index (χ0v) is 12.4. The lowest BCUT2D eigenvalue weighted by atomic mass is 9.99. The summed E-state index contributed by atoms with van der Waals surface area (Å²) in [5, 5.41) is 3.44. The van der Waals surface area contributed by atoms with E-state index in [0.717, 1.165) is 16.1 Å². The maximum Gasteiger partial charge on any atom is 0.134 e. The molecule has 0 amide bonds. The first kappa shape index (κ1) is 12.5. The van der Waals surface area contributed by atoms with Crippen molar-refractivity contribution in [2.45, 2.75) is 38.2 Å². The number of halogens is 1. The van der Waals surface area contributed by atoms with Crippen LogP contribution in [0.3, 0.4) is 0 Å². The van der Waals surface area contributed by atoms with Gasteiger partial charge in [-0.15, -0.1) is 0 Å². The minimum atomic E-state index is 0.133. The predicted molar refractivity (Wildman–Crippen MR) is 77.1 cm³/mol. The molecule has 1 atom stereocenters. The highest BCUT2D eigenvalue weighted by atomic mass is 79.9. The maximum atomic E-state index is 6.29. The fraction of sp³-hybridized carbons (Fsp3) is 0.600. The third-order valence-corrected chi connectivity index (χ3v) is 4.66. The van der Waals surface area contributed by atoms with Crippen molar-refractivity contribution >= 4 is 15.9 Å². The highest BCUT2D eigenvalue weighted by molar-refractivity contribution is 9.10. The first-order valence-electron chi connectivity index (χ1n) is 6.83. The second-order valence-electron chi connectivity index (χ2n) is 5.78. The number of ether oxygens (including phenoxy) is 1. The molecule has 2 fully saturated rings. The van der Waals surface area contributed by atoms with Crippen molar-refractivity contribution in [1.29, 1.82) is 0 Å². The summed E-state index contributed by atoms with van der Waals surface area (Å²) < 4.78 is 7.37. The number of rotatable bonds is 4. The van der Waals surface area contributed by atoms with Gasteiger partial charge in [0.15, 0.2) is 0 Å². The number of hydrogen-bond acceptors (Lipinski definition) is 2. The van der Waals surface area contributed by atoms with Crippen LogP contribution in [0.4, 0.5) is 0 Å². The summed E-state index contributed by atoms with van der Waals surface area (Å²) in [6.07, 6.45) is 4.94. The fourth-order valence-electron chi connectivity index (χ4n) is 2.82. The molecule has 18 heavy (non-hydrogen) atoms. The Bertz CT molecular complexity index is 436. The molecule has 1 aromatic rings. The first-order valence-corrected chi connectivity index (χ1v) is 7.62. The van der Waals surface area contributed by atoms with Gasteiger partial charge in [0.05, 0.1) is 4.47 Å². The van der Waals surface area contributed by atoms with Gasteiger partial charge in [0, 0.05) is 0 Å². The van der Waals surface area contributed by atoms with Gasteiger partial charge in [0.2, 0.25) is 0 Å². The summed E-state index contributed by atoms with van der Waals surface area (Å²) >= 11 is 3.60. The van der Waals surface area contributed by atoms with Crippen molar-refractivity contribution in [1.82, 2.24) is 5.32 Å². The van der Waals surface area contributed by atoms with E-state index in [-0.39, 0.29) is 5.60 Å². The molecule has 1 unspecified atom stereocenters. The molecule has 1 saturated heterocycles. The van der Waals surface area contributed by atoms with E-state index < -0.39 is 0 Å². The van der Waals surface area contributed by atoms with Crippen LogP contribution < -0.4 is 10.1 Å². The van der Waals surface area contributed by atoms with E-state index in [1.807, 2.05) is 0 Å². The van der Waals surface area contributed by atoms with Crippen LogP contribution in [0.1, 0.15) is 31.2 Å². The Morgan fingerprint density at radius 1 is 1.44 bits per heavy atom. The molecular weight excluding hydrogens is 290 g/mol. The second kappa shape index (κ2) is 4.86. The standard InChI is InChI=1S/C15H20BrNO/c1-11-2-3-14(13(16)8-11)18-15(5-6-15)9-12-4-7-17-10-12/h2-3,8,12,17H,4-7,9-10H2,1H3. The van der Waals surface area contributed by atoms with E-state index in [2.05, 4.69) is 46.4 Å². The maximum absolute atomic E-state index is 6.29. The minimum Gasteiger partial charge on any atom is -0.486 e.